The highest BCUT2D eigenvalue weighted by molar-refractivity contribution is 5.83. The van der Waals surface area contributed by atoms with Crippen LogP contribution in [0.3, 0.4) is 0 Å². The molecule has 4 heterocycles. The summed E-state index contributed by atoms with van der Waals surface area (Å²) in [7, 11) is 0. The molecule has 0 aliphatic carbocycles. The molecular formula is C17H21N7O. The molecule has 0 unspecified atom stereocenters. The van der Waals surface area contributed by atoms with Crippen molar-refractivity contribution in [3.63, 3.8) is 0 Å². The lowest BCUT2D eigenvalue weighted by Gasteiger charge is -2.40. The van der Waals surface area contributed by atoms with Gasteiger partial charge in [-0.1, -0.05) is 20.8 Å². The number of hydrogen-bond acceptors (Lipinski definition) is 6. The Bertz CT molecular complexity index is 963. The molecule has 1 saturated heterocycles. The summed E-state index contributed by atoms with van der Waals surface area (Å²) in [5.74, 6) is 1.23. The van der Waals surface area contributed by atoms with Crippen LogP contribution in [-0.2, 0) is 12.0 Å². The van der Waals surface area contributed by atoms with Crippen LogP contribution in [0, 0.1) is 5.92 Å². The first kappa shape index (κ1) is 15.7. The minimum absolute atomic E-state index is 0.0514. The lowest BCUT2D eigenvalue weighted by molar-refractivity contribution is 0.328. The second kappa shape index (κ2) is 5.65. The molecule has 1 aliphatic rings. The van der Waals surface area contributed by atoms with Gasteiger partial charge < -0.3 is 9.88 Å². The predicted molar refractivity (Wildman–Crippen MR) is 94.6 cm³/mol. The summed E-state index contributed by atoms with van der Waals surface area (Å²) in [6.07, 6.45) is 3.16. The summed E-state index contributed by atoms with van der Waals surface area (Å²) in [4.78, 5) is 30.0. The van der Waals surface area contributed by atoms with Crippen LogP contribution in [0.25, 0.3) is 11.2 Å². The average molecular weight is 339 g/mol. The van der Waals surface area contributed by atoms with Gasteiger partial charge in [0.25, 0.3) is 5.56 Å². The van der Waals surface area contributed by atoms with E-state index in [1.807, 2.05) is 6.07 Å². The highest BCUT2D eigenvalue weighted by Crippen LogP contribution is 2.27. The molecule has 8 nitrogen and oxygen atoms in total. The summed E-state index contributed by atoms with van der Waals surface area (Å²) in [6.45, 7) is 8.58. The number of aromatic nitrogens is 6. The van der Waals surface area contributed by atoms with Crippen molar-refractivity contribution < 1.29 is 0 Å². The van der Waals surface area contributed by atoms with Crippen molar-refractivity contribution >= 4 is 17.0 Å². The molecule has 1 N–H and O–H groups in total. The number of fused-ring (bicyclic) bond motifs is 1. The number of imidazole rings is 1. The Morgan fingerprint density at radius 2 is 2.00 bits per heavy atom. The van der Waals surface area contributed by atoms with E-state index in [2.05, 4.69) is 50.7 Å². The van der Waals surface area contributed by atoms with Gasteiger partial charge in [-0.2, -0.15) is 5.10 Å². The van der Waals surface area contributed by atoms with Gasteiger partial charge in [-0.15, -0.1) is 0 Å². The molecule has 3 aromatic heterocycles. The van der Waals surface area contributed by atoms with Crippen LogP contribution in [0.2, 0.25) is 0 Å². The molecule has 1 aliphatic heterocycles. The van der Waals surface area contributed by atoms with Gasteiger partial charge in [0.1, 0.15) is 11.8 Å². The first-order chi connectivity index (χ1) is 11.9. The number of nitrogens with zero attached hydrogens (tertiary/aromatic N) is 6. The van der Waals surface area contributed by atoms with Crippen molar-refractivity contribution in [1.29, 1.82) is 0 Å². The van der Waals surface area contributed by atoms with Gasteiger partial charge in [0.15, 0.2) is 11.5 Å². The zero-order chi connectivity index (χ0) is 17.6. The third-order valence-corrected chi connectivity index (χ3v) is 4.53. The van der Waals surface area contributed by atoms with Crippen LogP contribution in [0.15, 0.2) is 29.6 Å². The first-order valence-electron chi connectivity index (χ1n) is 8.39. The fourth-order valence-corrected chi connectivity index (χ4v) is 3.07. The van der Waals surface area contributed by atoms with E-state index in [1.54, 1.807) is 17.1 Å². The largest absolute Gasteiger partial charge is 0.354 e. The highest BCUT2D eigenvalue weighted by atomic mass is 16.1. The van der Waals surface area contributed by atoms with Crippen LogP contribution in [0.1, 0.15) is 26.5 Å². The number of rotatable bonds is 3. The Kier molecular flexibility index (Phi) is 3.55. The molecule has 8 heteroatoms. The molecule has 0 saturated carbocycles. The van der Waals surface area contributed by atoms with E-state index >= 15 is 0 Å². The van der Waals surface area contributed by atoms with E-state index in [0.717, 1.165) is 30.1 Å². The molecule has 4 rings (SSSR count). The van der Waals surface area contributed by atoms with Crippen LogP contribution in [0.4, 0.5) is 5.82 Å². The van der Waals surface area contributed by atoms with Crippen molar-refractivity contribution in [2.45, 2.75) is 32.7 Å². The normalized spacial score (nSPS) is 15.6. The smallest absolute Gasteiger partial charge is 0.266 e. The van der Waals surface area contributed by atoms with Crippen molar-refractivity contribution in [3.8, 4) is 0 Å². The fourth-order valence-electron chi connectivity index (χ4n) is 3.07. The number of H-pyrrole nitrogens is 1. The van der Waals surface area contributed by atoms with Gasteiger partial charge in [0.2, 0.25) is 0 Å². The van der Waals surface area contributed by atoms with Crippen LogP contribution < -0.4 is 10.5 Å². The van der Waals surface area contributed by atoms with Crippen molar-refractivity contribution in [1.82, 2.24) is 29.7 Å². The highest BCUT2D eigenvalue weighted by Gasteiger charge is 2.30. The van der Waals surface area contributed by atoms with Gasteiger partial charge in [-0.3, -0.25) is 4.79 Å². The summed E-state index contributed by atoms with van der Waals surface area (Å²) >= 11 is 0. The maximum atomic E-state index is 12.1. The van der Waals surface area contributed by atoms with Crippen LogP contribution in [0.5, 0.6) is 0 Å². The zero-order valence-corrected chi connectivity index (χ0v) is 14.6. The third kappa shape index (κ3) is 2.88. The van der Waals surface area contributed by atoms with Gasteiger partial charge in [0.05, 0.1) is 18.6 Å². The molecule has 0 bridgehead atoms. The first-order valence-corrected chi connectivity index (χ1v) is 8.39. The van der Waals surface area contributed by atoms with Crippen LogP contribution >= 0.6 is 0 Å². The Morgan fingerprint density at radius 3 is 2.76 bits per heavy atom. The molecule has 3 aromatic rings. The van der Waals surface area contributed by atoms with E-state index in [9.17, 15) is 4.79 Å². The van der Waals surface area contributed by atoms with Gasteiger partial charge in [-0.05, 0) is 6.07 Å². The lowest BCUT2D eigenvalue weighted by Crippen LogP contribution is -2.50. The van der Waals surface area contributed by atoms with E-state index in [0.29, 0.717) is 18.1 Å². The summed E-state index contributed by atoms with van der Waals surface area (Å²) in [6, 6.07) is 3.43. The monoisotopic (exact) mass is 339 g/mol. The molecular weight excluding hydrogens is 318 g/mol. The number of anilines is 1. The molecule has 0 aromatic carbocycles. The maximum Gasteiger partial charge on any atom is 0.266 e. The zero-order valence-electron chi connectivity index (χ0n) is 14.6. The van der Waals surface area contributed by atoms with Gasteiger partial charge >= 0.3 is 0 Å². The second-order valence-corrected chi connectivity index (χ2v) is 7.56. The Morgan fingerprint density at radius 1 is 1.20 bits per heavy atom. The van der Waals surface area contributed by atoms with Crippen molar-refractivity contribution in [2.24, 2.45) is 5.92 Å². The Labute approximate surface area is 144 Å². The molecule has 0 atom stereocenters. The quantitative estimate of drug-likeness (QED) is 0.774. The summed E-state index contributed by atoms with van der Waals surface area (Å²) < 4.78 is 1.59. The third-order valence-electron chi connectivity index (χ3n) is 4.53. The topological polar surface area (TPSA) is 92.6 Å². The molecule has 0 amide bonds. The van der Waals surface area contributed by atoms with E-state index in [1.165, 1.54) is 6.33 Å². The maximum absolute atomic E-state index is 12.1. The van der Waals surface area contributed by atoms with Gasteiger partial charge in [0, 0.05) is 30.5 Å². The summed E-state index contributed by atoms with van der Waals surface area (Å²) in [5.41, 5.74) is 2.33. The van der Waals surface area contributed by atoms with Crippen molar-refractivity contribution in [2.75, 3.05) is 18.0 Å². The minimum atomic E-state index is -0.0751. The molecule has 0 radical (unpaired) electrons. The Hall–Kier alpha value is -2.77. The number of nitrogens with one attached hydrogen (secondary N) is 1. The van der Waals surface area contributed by atoms with E-state index in [-0.39, 0.29) is 11.0 Å². The Balaban J connectivity index is 1.49. The van der Waals surface area contributed by atoms with Crippen molar-refractivity contribution in [3.05, 3.63) is 40.8 Å². The average Bonchev–Trinajstić information content (AvgIpc) is 2.99. The lowest BCUT2D eigenvalue weighted by atomic mass is 9.92. The molecule has 1 fully saturated rings. The van der Waals surface area contributed by atoms with Crippen LogP contribution in [-0.4, -0.2) is 42.8 Å². The second-order valence-electron chi connectivity index (χ2n) is 7.56. The minimum Gasteiger partial charge on any atom is -0.354 e. The summed E-state index contributed by atoms with van der Waals surface area (Å²) in [5, 5.41) is 4.55. The van der Waals surface area contributed by atoms with Gasteiger partial charge in [-0.25, -0.2) is 19.6 Å². The van der Waals surface area contributed by atoms with E-state index in [4.69, 9.17) is 0 Å². The predicted octanol–water partition coefficient (Wildman–Crippen LogP) is 1.34. The fraction of sp³-hybridized carbons (Fsp3) is 0.471. The molecule has 25 heavy (non-hydrogen) atoms. The molecule has 0 spiro atoms. The molecule has 130 valence electrons. The standard InChI is InChI=1S/C17H21N7O/c1-17(2,3)12-4-5-13(25)24(22-12)8-11-6-23(7-11)16-14-15(19-9-18-14)20-10-21-16/h4-5,9-11H,6-8H2,1-3H3,(H,18,19,20,21). The number of hydrogen-bond donors (Lipinski definition) is 1. The SMILES string of the molecule is CC(C)(C)c1ccc(=O)n(CC2CN(c3ncnc4nc[nH]c34)C2)n1. The van der Waals surface area contributed by atoms with E-state index < -0.39 is 0 Å². The number of aromatic amines is 1.